The molecule has 0 amide bonds. The van der Waals surface area contributed by atoms with Gasteiger partial charge in [-0.25, -0.2) is 0 Å². The molecule has 2 fully saturated rings. The molecule has 3 rings (SSSR count). The Balaban J connectivity index is 1.90. The highest BCUT2D eigenvalue weighted by atomic mass is 31.2. The Morgan fingerprint density at radius 1 is 1.17 bits per heavy atom. The summed E-state index contributed by atoms with van der Waals surface area (Å²) in [4.78, 5) is 23.9. The molecule has 1 heterocycles. The Hall–Kier alpha value is -1.11. The van der Waals surface area contributed by atoms with Crippen molar-refractivity contribution in [1.82, 2.24) is 9.34 Å². The first-order valence-electron chi connectivity index (χ1n) is 7.86. The summed E-state index contributed by atoms with van der Waals surface area (Å²) in [6.45, 7) is 0. The average Bonchev–Trinajstić information content (AvgIpc) is 2.77. The smallest absolute Gasteiger partial charge is 0.269 e. The lowest BCUT2D eigenvalue weighted by Crippen LogP contribution is -2.37. The van der Waals surface area contributed by atoms with E-state index in [1.165, 1.54) is 24.3 Å². The van der Waals surface area contributed by atoms with Crippen LogP contribution in [-0.4, -0.2) is 45.5 Å². The highest BCUT2D eigenvalue weighted by Gasteiger charge is 2.59. The van der Waals surface area contributed by atoms with Gasteiger partial charge in [0, 0.05) is 31.8 Å². The van der Waals surface area contributed by atoms with Gasteiger partial charge in [0.2, 0.25) is 5.85 Å². The lowest BCUT2D eigenvalue weighted by atomic mass is 9.91. The van der Waals surface area contributed by atoms with Crippen molar-refractivity contribution in [2.75, 3.05) is 14.1 Å². The Labute approximate surface area is 136 Å². The Bertz CT molecular complexity index is 579. The number of nitro groups is 1. The van der Waals surface area contributed by atoms with Gasteiger partial charge in [0.15, 0.2) is 0 Å². The van der Waals surface area contributed by atoms with Gasteiger partial charge in [-0.15, -0.1) is 0 Å². The number of non-ortho nitro benzene ring substituents is 1. The predicted octanol–water partition coefficient (Wildman–Crippen LogP) is 1.90. The van der Waals surface area contributed by atoms with Crippen LogP contribution in [0.25, 0.3) is 0 Å². The molecule has 0 radical (unpaired) electrons. The fourth-order valence-electron chi connectivity index (χ4n) is 3.92. The molecule has 126 valence electrons. The van der Waals surface area contributed by atoms with Gasteiger partial charge >= 0.3 is 0 Å². The molecule has 1 unspecified atom stereocenters. The maximum Gasteiger partial charge on any atom is 0.269 e. The van der Waals surface area contributed by atoms with E-state index in [2.05, 4.69) is 0 Å². The average molecular weight is 339 g/mol. The minimum atomic E-state index is -3.16. The Morgan fingerprint density at radius 2 is 1.65 bits per heavy atom. The lowest BCUT2D eigenvalue weighted by molar-refractivity contribution is -0.384. The number of nitro benzene ring substituents is 1. The molecule has 23 heavy (non-hydrogen) atoms. The number of hydrogen-bond acceptors (Lipinski definition) is 6. The Morgan fingerprint density at radius 3 is 2.09 bits per heavy atom. The summed E-state index contributed by atoms with van der Waals surface area (Å²) >= 11 is 0. The van der Waals surface area contributed by atoms with Crippen LogP contribution in [-0.2, 0) is 0 Å². The van der Waals surface area contributed by atoms with Crippen molar-refractivity contribution in [3.05, 3.63) is 39.9 Å². The van der Waals surface area contributed by atoms with E-state index in [9.17, 15) is 20.1 Å². The lowest BCUT2D eigenvalue weighted by Gasteiger charge is -2.40. The third-order valence-electron chi connectivity index (χ3n) is 5.28. The monoisotopic (exact) mass is 339 g/mol. The third-order valence-corrected chi connectivity index (χ3v) is 8.62. The van der Waals surface area contributed by atoms with E-state index < -0.39 is 18.6 Å². The molecule has 1 saturated carbocycles. The van der Waals surface area contributed by atoms with Crippen LogP contribution in [0.15, 0.2) is 24.3 Å². The Kier molecular flexibility index (Phi) is 4.42. The van der Waals surface area contributed by atoms with E-state index >= 15 is 0 Å². The molecule has 8 heteroatoms. The van der Waals surface area contributed by atoms with Gasteiger partial charge in [0.05, 0.1) is 17.0 Å². The van der Waals surface area contributed by atoms with Crippen molar-refractivity contribution in [3.63, 3.8) is 0 Å². The van der Waals surface area contributed by atoms with Crippen LogP contribution >= 0.6 is 7.79 Å². The zero-order chi connectivity index (χ0) is 16.8. The van der Waals surface area contributed by atoms with Crippen molar-refractivity contribution >= 4 is 13.5 Å². The number of likely N-dealkylation sites (N-methyl/N-ethyl adjacent to an activating group) is 2. The first-order chi connectivity index (χ1) is 10.9. The molecule has 1 N–H and O–H groups in total. The van der Waals surface area contributed by atoms with Crippen LogP contribution in [0.4, 0.5) is 5.69 Å². The summed E-state index contributed by atoms with van der Waals surface area (Å²) in [6.07, 6.45) is 4.21. The van der Waals surface area contributed by atoms with Crippen LogP contribution in [0.1, 0.15) is 37.1 Å². The van der Waals surface area contributed by atoms with Gasteiger partial charge in [-0.05, 0) is 25.0 Å². The van der Waals surface area contributed by atoms with Crippen LogP contribution < -0.4 is 4.89 Å². The second-order valence-corrected chi connectivity index (χ2v) is 9.31. The molecule has 7 nitrogen and oxygen atoms in total. The molecule has 3 atom stereocenters. The first-order valence-corrected chi connectivity index (χ1v) is 9.54. The predicted molar refractivity (Wildman–Crippen MR) is 86.5 cm³/mol. The molecule has 0 spiro atoms. The van der Waals surface area contributed by atoms with Crippen LogP contribution in [0.2, 0.25) is 0 Å². The van der Waals surface area contributed by atoms with Gasteiger partial charge in [0.25, 0.3) is 5.69 Å². The third kappa shape index (κ3) is 2.57. The topological polar surface area (TPSA) is 92.9 Å². The summed E-state index contributed by atoms with van der Waals surface area (Å²) in [5, 5.41) is 21.5. The molecular formula is C15H22N3O4P. The molecule has 1 saturated heterocycles. The van der Waals surface area contributed by atoms with Crippen LogP contribution in [0, 0.1) is 10.1 Å². The fourth-order valence-corrected chi connectivity index (χ4v) is 7.00. The molecule has 1 aromatic rings. The van der Waals surface area contributed by atoms with E-state index in [-0.39, 0.29) is 17.8 Å². The molecule has 0 bridgehead atoms. The first kappa shape index (κ1) is 16.7. The summed E-state index contributed by atoms with van der Waals surface area (Å²) in [7, 11) is 0.486. The normalized spacial score (nSPS) is 29.2. The van der Waals surface area contributed by atoms with Crippen molar-refractivity contribution in [1.29, 1.82) is 0 Å². The molecular weight excluding hydrogens is 317 g/mol. The molecule has 1 aliphatic carbocycles. The van der Waals surface area contributed by atoms with Crippen LogP contribution in [0.3, 0.4) is 0 Å². The van der Waals surface area contributed by atoms with E-state index in [0.717, 1.165) is 25.7 Å². The summed E-state index contributed by atoms with van der Waals surface area (Å²) in [5.74, 6) is -1.16. The van der Waals surface area contributed by atoms with E-state index in [1.807, 2.05) is 23.4 Å². The molecule has 0 aromatic heterocycles. The van der Waals surface area contributed by atoms with Gasteiger partial charge < -0.3 is 10.00 Å². The molecule has 1 aromatic carbocycles. The standard InChI is InChI=1S/C15H22N3O4P/c1-16-13-5-3-4-6-14(13)17(2)23(16,22)15(19)11-7-9-12(10-8-11)18(20)21/h7-10,13-15,19H,3-6H2,1-2H3/t13-,14-,15?/m1/s1. The van der Waals surface area contributed by atoms with Gasteiger partial charge in [-0.2, -0.15) is 9.34 Å². The zero-order valence-electron chi connectivity index (χ0n) is 13.3. The highest BCUT2D eigenvalue weighted by Crippen LogP contribution is 2.72. The van der Waals surface area contributed by atoms with Gasteiger partial charge in [0.1, 0.15) is 7.79 Å². The summed E-state index contributed by atoms with van der Waals surface area (Å²) < 4.78 is 3.70. The minimum absolute atomic E-state index is 0.0407. The van der Waals surface area contributed by atoms with Crippen LogP contribution in [0.5, 0.6) is 0 Å². The van der Waals surface area contributed by atoms with E-state index in [4.69, 9.17) is 0 Å². The SMILES string of the molecule is CN1[C@@H]2CCCC[C@H]2N(C)[P+]1([O-])C(O)c1ccc([N+](=O)[O-])cc1. The van der Waals surface area contributed by atoms with E-state index in [1.54, 1.807) is 0 Å². The largest absolute Gasteiger partial charge is 0.648 e. The number of aliphatic hydroxyl groups excluding tert-OH is 1. The number of fused-ring (bicyclic) bond motifs is 1. The van der Waals surface area contributed by atoms with Crippen molar-refractivity contribution in [3.8, 4) is 0 Å². The molecule has 2 aliphatic rings. The van der Waals surface area contributed by atoms with E-state index in [0.29, 0.717) is 5.56 Å². The number of aliphatic hydroxyl groups is 1. The van der Waals surface area contributed by atoms with Crippen molar-refractivity contribution in [2.45, 2.75) is 43.6 Å². The minimum Gasteiger partial charge on any atom is -0.648 e. The van der Waals surface area contributed by atoms with Gasteiger partial charge in [-0.3, -0.25) is 10.1 Å². The number of nitrogens with zero attached hydrogens (tertiary/aromatic N) is 3. The fraction of sp³-hybridized carbons (Fsp3) is 0.600. The number of rotatable bonds is 3. The summed E-state index contributed by atoms with van der Waals surface area (Å²) in [5.41, 5.74) is 0.414. The zero-order valence-corrected chi connectivity index (χ0v) is 14.2. The number of hydrogen-bond donors (Lipinski definition) is 1. The highest BCUT2D eigenvalue weighted by molar-refractivity contribution is 7.64. The van der Waals surface area contributed by atoms with Crippen molar-refractivity contribution in [2.24, 2.45) is 0 Å². The maximum absolute atomic E-state index is 13.6. The summed E-state index contributed by atoms with van der Waals surface area (Å²) in [6, 6.07) is 6.07. The molecule has 1 aliphatic heterocycles. The second-order valence-electron chi connectivity index (χ2n) is 6.38. The number of benzene rings is 1. The quantitative estimate of drug-likeness (QED) is 0.514. The van der Waals surface area contributed by atoms with Gasteiger partial charge in [-0.1, -0.05) is 12.8 Å². The second kappa shape index (κ2) is 6.07. The van der Waals surface area contributed by atoms with Crippen molar-refractivity contribution < 1.29 is 14.9 Å². The maximum atomic E-state index is 13.6.